The lowest BCUT2D eigenvalue weighted by Crippen LogP contribution is -2.10. The maximum absolute atomic E-state index is 5.43. The summed E-state index contributed by atoms with van der Waals surface area (Å²) in [5.74, 6) is 0. The standard InChI is InChI=1S/C8H17O/c1-4-7-9-8(5-2)6-3/h8H,1,4-7H2,2-3H3. The first kappa shape index (κ1) is 8.96. The van der Waals surface area contributed by atoms with Crippen molar-refractivity contribution in [3.8, 4) is 0 Å². The van der Waals surface area contributed by atoms with Crippen molar-refractivity contribution in [1.82, 2.24) is 0 Å². The van der Waals surface area contributed by atoms with Crippen LogP contribution in [0.15, 0.2) is 0 Å². The topological polar surface area (TPSA) is 9.23 Å². The van der Waals surface area contributed by atoms with Crippen LogP contribution in [0, 0.1) is 6.92 Å². The number of ether oxygens (including phenoxy) is 1. The molecular formula is C8H17O. The molecule has 0 saturated heterocycles. The summed E-state index contributed by atoms with van der Waals surface area (Å²) in [5.41, 5.74) is 0. The molecule has 0 aliphatic carbocycles. The molecule has 55 valence electrons. The van der Waals surface area contributed by atoms with Crippen LogP contribution in [0.5, 0.6) is 0 Å². The van der Waals surface area contributed by atoms with E-state index in [1.165, 1.54) is 0 Å². The molecular weight excluding hydrogens is 112 g/mol. The van der Waals surface area contributed by atoms with Crippen LogP contribution < -0.4 is 0 Å². The normalized spacial score (nSPS) is 10.7. The minimum atomic E-state index is 0.465. The Hall–Kier alpha value is -0.0400. The van der Waals surface area contributed by atoms with Crippen LogP contribution in [-0.2, 0) is 4.74 Å². The van der Waals surface area contributed by atoms with Gasteiger partial charge in [0, 0.05) is 6.61 Å². The molecule has 0 spiro atoms. The van der Waals surface area contributed by atoms with Gasteiger partial charge in [-0.3, -0.25) is 0 Å². The van der Waals surface area contributed by atoms with Gasteiger partial charge in [0.25, 0.3) is 0 Å². The predicted octanol–water partition coefficient (Wildman–Crippen LogP) is 2.42. The third-order valence-corrected chi connectivity index (χ3v) is 1.41. The summed E-state index contributed by atoms with van der Waals surface area (Å²) in [6, 6.07) is 0. The molecule has 0 rings (SSSR count). The molecule has 9 heavy (non-hydrogen) atoms. The van der Waals surface area contributed by atoms with Crippen LogP contribution in [0.4, 0.5) is 0 Å². The Kier molecular flexibility index (Phi) is 6.06. The summed E-state index contributed by atoms with van der Waals surface area (Å²) < 4.78 is 5.43. The van der Waals surface area contributed by atoms with Gasteiger partial charge in [-0.2, -0.15) is 0 Å². The van der Waals surface area contributed by atoms with E-state index >= 15 is 0 Å². The molecule has 0 fully saturated rings. The van der Waals surface area contributed by atoms with Gasteiger partial charge in [-0.15, -0.1) is 0 Å². The monoisotopic (exact) mass is 129 g/mol. The van der Waals surface area contributed by atoms with Gasteiger partial charge in [0.15, 0.2) is 0 Å². The van der Waals surface area contributed by atoms with Gasteiger partial charge in [-0.05, 0) is 19.3 Å². The van der Waals surface area contributed by atoms with Gasteiger partial charge < -0.3 is 4.74 Å². The van der Waals surface area contributed by atoms with Crippen molar-refractivity contribution in [2.75, 3.05) is 6.61 Å². The lowest BCUT2D eigenvalue weighted by molar-refractivity contribution is 0.0512. The van der Waals surface area contributed by atoms with E-state index in [1.807, 2.05) is 0 Å². The zero-order chi connectivity index (χ0) is 7.11. The van der Waals surface area contributed by atoms with Gasteiger partial charge >= 0.3 is 0 Å². The molecule has 1 radical (unpaired) electrons. The molecule has 0 bridgehead atoms. The maximum atomic E-state index is 5.43. The van der Waals surface area contributed by atoms with Gasteiger partial charge in [-0.1, -0.05) is 20.8 Å². The summed E-state index contributed by atoms with van der Waals surface area (Å²) in [4.78, 5) is 0. The molecule has 0 aliphatic heterocycles. The zero-order valence-electron chi connectivity index (χ0n) is 6.52. The van der Waals surface area contributed by atoms with Gasteiger partial charge in [-0.25, -0.2) is 0 Å². The van der Waals surface area contributed by atoms with Crippen LogP contribution in [0.2, 0.25) is 0 Å². The molecule has 0 heterocycles. The minimum absolute atomic E-state index is 0.465. The van der Waals surface area contributed by atoms with E-state index in [0.717, 1.165) is 25.9 Å². The van der Waals surface area contributed by atoms with Crippen molar-refractivity contribution in [2.45, 2.75) is 39.2 Å². The first-order valence-corrected chi connectivity index (χ1v) is 3.76. The highest BCUT2D eigenvalue weighted by Gasteiger charge is 1.99. The SMILES string of the molecule is [CH2]CCOC(CC)CC. The molecule has 1 nitrogen and oxygen atoms in total. The number of rotatable bonds is 5. The Morgan fingerprint density at radius 1 is 1.33 bits per heavy atom. The lowest BCUT2D eigenvalue weighted by Gasteiger charge is -2.11. The Balaban J connectivity index is 3.09. The number of hydrogen-bond donors (Lipinski definition) is 0. The first-order chi connectivity index (χ1) is 4.35. The van der Waals surface area contributed by atoms with Gasteiger partial charge in [0.1, 0.15) is 0 Å². The highest BCUT2D eigenvalue weighted by molar-refractivity contribution is 4.50. The Morgan fingerprint density at radius 3 is 2.22 bits per heavy atom. The summed E-state index contributed by atoms with van der Waals surface area (Å²) in [6.07, 6.45) is 3.59. The highest BCUT2D eigenvalue weighted by atomic mass is 16.5. The Morgan fingerprint density at radius 2 is 1.89 bits per heavy atom. The lowest BCUT2D eigenvalue weighted by atomic mass is 10.2. The van der Waals surface area contributed by atoms with Crippen LogP contribution in [0.1, 0.15) is 33.1 Å². The second-order valence-electron chi connectivity index (χ2n) is 2.16. The third-order valence-electron chi connectivity index (χ3n) is 1.41. The fourth-order valence-corrected chi connectivity index (χ4v) is 0.774. The second kappa shape index (κ2) is 6.09. The molecule has 1 heteroatoms. The molecule has 0 aromatic rings. The number of hydrogen-bond acceptors (Lipinski definition) is 1. The fraction of sp³-hybridized carbons (Fsp3) is 0.875. The van der Waals surface area contributed by atoms with Crippen molar-refractivity contribution >= 4 is 0 Å². The quantitative estimate of drug-likeness (QED) is 0.554. The highest BCUT2D eigenvalue weighted by Crippen LogP contribution is 2.02. The van der Waals surface area contributed by atoms with Crippen LogP contribution in [0.25, 0.3) is 0 Å². The van der Waals surface area contributed by atoms with Crippen LogP contribution >= 0.6 is 0 Å². The average Bonchev–Trinajstić information content (AvgIpc) is 1.91. The third kappa shape index (κ3) is 4.46. The van der Waals surface area contributed by atoms with Crippen LogP contribution in [-0.4, -0.2) is 12.7 Å². The van der Waals surface area contributed by atoms with Crippen molar-refractivity contribution < 1.29 is 4.74 Å². The molecule has 0 atom stereocenters. The average molecular weight is 129 g/mol. The fourth-order valence-electron chi connectivity index (χ4n) is 0.774. The molecule has 0 unspecified atom stereocenters. The zero-order valence-corrected chi connectivity index (χ0v) is 6.52. The second-order valence-corrected chi connectivity index (χ2v) is 2.16. The van der Waals surface area contributed by atoms with E-state index in [0.29, 0.717) is 6.10 Å². The van der Waals surface area contributed by atoms with E-state index in [2.05, 4.69) is 20.8 Å². The van der Waals surface area contributed by atoms with Gasteiger partial charge in [0.2, 0.25) is 0 Å². The molecule has 0 N–H and O–H groups in total. The maximum Gasteiger partial charge on any atom is 0.0569 e. The smallest absolute Gasteiger partial charge is 0.0569 e. The summed E-state index contributed by atoms with van der Waals surface area (Å²) in [7, 11) is 0. The molecule has 0 amide bonds. The van der Waals surface area contributed by atoms with Crippen molar-refractivity contribution in [3.05, 3.63) is 6.92 Å². The minimum Gasteiger partial charge on any atom is -0.378 e. The van der Waals surface area contributed by atoms with E-state index in [-0.39, 0.29) is 0 Å². The van der Waals surface area contributed by atoms with E-state index in [9.17, 15) is 0 Å². The first-order valence-electron chi connectivity index (χ1n) is 3.76. The Labute approximate surface area is 58.4 Å². The van der Waals surface area contributed by atoms with E-state index in [4.69, 9.17) is 4.74 Å². The summed E-state index contributed by atoms with van der Waals surface area (Å²) >= 11 is 0. The Bertz CT molecular complexity index is 48.5. The predicted molar refractivity (Wildman–Crippen MR) is 40.3 cm³/mol. The van der Waals surface area contributed by atoms with Crippen molar-refractivity contribution in [2.24, 2.45) is 0 Å². The summed E-state index contributed by atoms with van der Waals surface area (Å²) in [5, 5.41) is 0. The molecule has 0 aromatic carbocycles. The van der Waals surface area contributed by atoms with E-state index in [1.54, 1.807) is 0 Å². The molecule has 0 aromatic heterocycles. The molecule has 0 saturated carbocycles. The van der Waals surface area contributed by atoms with Crippen molar-refractivity contribution in [3.63, 3.8) is 0 Å². The van der Waals surface area contributed by atoms with E-state index < -0.39 is 0 Å². The summed E-state index contributed by atoms with van der Waals surface area (Å²) in [6.45, 7) is 8.81. The van der Waals surface area contributed by atoms with Gasteiger partial charge in [0.05, 0.1) is 6.10 Å². The molecule has 0 aliphatic rings. The van der Waals surface area contributed by atoms with Crippen LogP contribution in [0.3, 0.4) is 0 Å². The van der Waals surface area contributed by atoms with Crippen molar-refractivity contribution in [1.29, 1.82) is 0 Å². The largest absolute Gasteiger partial charge is 0.378 e.